The molecule has 0 fully saturated rings. The third kappa shape index (κ3) is 3.18. The van der Waals surface area contributed by atoms with Crippen LogP contribution < -0.4 is 0 Å². The normalized spacial score (nSPS) is 11.1. The monoisotopic (exact) mass is 354 g/mol. The molecule has 0 saturated carbocycles. The van der Waals surface area contributed by atoms with Gasteiger partial charge in [0.1, 0.15) is 0 Å². The molecule has 0 unspecified atom stereocenters. The van der Waals surface area contributed by atoms with Crippen molar-refractivity contribution in [3.8, 4) is 17.3 Å². The predicted molar refractivity (Wildman–Crippen MR) is 90.2 cm³/mol. The van der Waals surface area contributed by atoms with Gasteiger partial charge < -0.3 is 8.83 Å². The molecule has 4 aromatic rings. The molecule has 0 saturated heterocycles. The van der Waals surface area contributed by atoms with Gasteiger partial charge in [0.2, 0.25) is 11.0 Å². The third-order valence-electron chi connectivity index (χ3n) is 3.56. The quantitative estimate of drug-likeness (QED) is 0.504. The Balaban J connectivity index is 1.53. The minimum absolute atomic E-state index is 0.356. The maximum atomic E-state index is 5.60. The smallest absolute Gasteiger partial charge is 0.283 e. The molecule has 0 bridgehead atoms. The van der Waals surface area contributed by atoms with Gasteiger partial charge in [-0.05, 0) is 53.6 Å². The van der Waals surface area contributed by atoms with E-state index in [1.54, 1.807) is 23.1 Å². The van der Waals surface area contributed by atoms with Gasteiger partial charge in [0, 0.05) is 0 Å². The number of aryl methyl sites for hydroxylation is 2. The number of benzene rings is 1. The summed E-state index contributed by atoms with van der Waals surface area (Å²) in [5.41, 5.74) is 3.19. The Morgan fingerprint density at radius 2 is 2.04 bits per heavy atom. The van der Waals surface area contributed by atoms with E-state index in [4.69, 9.17) is 8.83 Å². The van der Waals surface area contributed by atoms with Crippen molar-refractivity contribution < 1.29 is 8.83 Å². The first-order chi connectivity index (χ1) is 12.2. The minimum Gasteiger partial charge on any atom is -0.459 e. The number of rotatable bonds is 5. The molecule has 0 spiro atoms. The molecule has 126 valence electrons. The van der Waals surface area contributed by atoms with Crippen molar-refractivity contribution >= 4 is 11.8 Å². The highest BCUT2D eigenvalue weighted by Crippen LogP contribution is 2.25. The lowest BCUT2D eigenvalue weighted by atomic mass is 10.1. The summed E-state index contributed by atoms with van der Waals surface area (Å²) in [6.07, 6.45) is 1.56. The largest absolute Gasteiger partial charge is 0.459 e. The van der Waals surface area contributed by atoms with Gasteiger partial charge in [0.25, 0.3) is 5.89 Å². The average molecular weight is 354 g/mol. The summed E-state index contributed by atoms with van der Waals surface area (Å²) in [7, 11) is 0. The summed E-state index contributed by atoms with van der Waals surface area (Å²) in [4.78, 5) is 0. The van der Waals surface area contributed by atoms with Crippen LogP contribution in [-0.2, 0) is 5.75 Å². The van der Waals surface area contributed by atoms with Gasteiger partial charge in [0.05, 0.1) is 17.7 Å². The van der Waals surface area contributed by atoms with Gasteiger partial charge in [-0.2, -0.15) is 4.68 Å². The standard InChI is InChI=1S/C16H14N6O2S/c1-10-5-6-11(2)12(8-10)22-16(19-20-21-22)25-9-14-17-18-15(24-14)13-4-3-7-23-13/h3-8H,9H2,1-2H3. The van der Waals surface area contributed by atoms with E-state index in [1.807, 2.05) is 13.8 Å². The Morgan fingerprint density at radius 3 is 2.88 bits per heavy atom. The molecule has 3 heterocycles. The van der Waals surface area contributed by atoms with Crippen molar-refractivity contribution in [3.05, 3.63) is 53.6 Å². The second kappa shape index (κ2) is 6.52. The highest BCUT2D eigenvalue weighted by Gasteiger charge is 2.15. The van der Waals surface area contributed by atoms with Gasteiger partial charge in [-0.25, -0.2) is 0 Å². The number of nitrogens with zero attached hydrogens (tertiary/aromatic N) is 6. The zero-order valence-electron chi connectivity index (χ0n) is 13.6. The molecule has 0 aliphatic heterocycles. The van der Waals surface area contributed by atoms with E-state index in [0.717, 1.165) is 16.8 Å². The number of tetrazole rings is 1. The molecule has 9 heteroatoms. The molecule has 0 aliphatic rings. The summed E-state index contributed by atoms with van der Waals surface area (Å²) >= 11 is 1.43. The van der Waals surface area contributed by atoms with Gasteiger partial charge in [-0.1, -0.05) is 23.9 Å². The van der Waals surface area contributed by atoms with Crippen LogP contribution in [0.4, 0.5) is 0 Å². The fraction of sp³-hybridized carbons (Fsp3) is 0.188. The molecule has 0 amide bonds. The molecule has 0 atom stereocenters. The fourth-order valence-electron chi connectivity index (χ4n) is 2.31. The molecule has 0 aliphatic carbocycles. The summed E-state index contributed by atoms with van der Waals surface area (Å²) in [6.45, 7) is 4.06. The highest BCUT2D eigenvalue weighted by molar-refractivity contribution is 7.98. The molecule has 0 radical (unpaired) electrons. The highest BCUT2D eigenvalue weighted by atomic mass is 32.2. The van der Waals surface area contributed by atoms with E-state index in [-0.39, 0.29) is 0 Å². The molecule has 8 nitrogen and oxygen atoms in total. The number of aromatic nitrogens is 6. The molecular formula is C16H14N6O2S. The summed E-state index contributed by atoms with van der Waals surface area (Å²) in [5, 5.41) is 20.7. The SMILES string of the molecule is Cc1ccc(C)c(-n2nnnc2SCc2nnc(-c3ccco3)o2)c1. The van der Waals surface area contributed by atoms with Crippen LogP contribution >= 0.6 is 11.8 Å². The van der Waals surface area contributed by atoms with Crippen molar-refractivity contribution in [2.75, 3.05) is 0 Å². The van der Waals surface area contributed by atoms with E-state index < -0.39 is 0 Å². The van der Waals surface area contributed by atoms with Crippen molar-refractivity contribution in [3.63, 3.8) is 0 Å². The Kier molecular flexibility index (Phi) is 4.06. The predicted octanol–water partition coefficient (Wildman–Crippen LogP) is 3.21. The summed E-state index contributed by atoms with van der Waals surface area (Å²) in [5.74, 6) is 1.84. The van der Waals surface area contributed by atoms with Crippen LogP contribution in [0.1, 0.15) is 17.0 Å². The number of hydrogen-bond acceptors (Lipinski definition) is 8. The fourth-order valence-corrected chi connectivity index (χ4v) is 3.03. The van der Waals surface area contributed by atoms with Crippen LogP contribution in [0.5, 0.6) is 0 Å². The lowest BCUT2D eigenvalue weighted by Crippen LogP contribution is -2.02. The minimum atomic E-state index is 0.356. The van der Waals surface area contributed by atoms with E-state index in [2.05, 4.69) is 43.9 Å². The topological polar surface area (TPSA) is 95.7 Å². The third-order valence-corrected chi connectivity index (χ3v) is 4.46. The van der Waals surface area contributed by atoms with Crippen LogP contribution in [0.25, 0.3) is 17.3 Å². The number of thioether (sulfide) groups is 1. The van der Waals surface area contributed by atoms with E-state index in [0.29, 0.717) is 28.5 Å². The van der Waals surface area contributed by atoms with Crippen molar-refractivity contribution in [1.82, 2.24) is 30.4 Å². The molecule has 3 aromatic heterocycles. The summed E-state index contributed by atoms with van der Waals surface area (Å²) in [6, 6.07) is 9.70. The maximum absolute atomic E-state index is 5.60. The molecule has 0 N–H and O–H groups in total. The lowest BCUT2D eigenvalue weighted by Gasteiger charge is -2.07. The zero-order valence-corrected chi connectivity index (χ0v) is 14.4. The second-order valence-electron chi connectivity index (χ2n) is 5.43. The Morgan fingerprint density at radius 1 is 1.12 bits per heavy atom. The van der Waals surface area contributed by atoms with Crippen LogP contribution in [0.2, 0.25) is 0 Å². The zero-order chi connectivity index (χ0) is 17.2. The number of hydrogen-bond donors (Lipinski definition) is 0. The van der Waals surface area contributed by atoms with Gasteiger partial charge in [-0.3, -0.25) is 0 Å². The van der Waals surface area contributed by atoms with E-state index in [9.17, 15) is 0 Å². The van der Waals surface area contributed by atoms with Crippen molar-refractivity contribution in [1.29, 1.82) is 0 Å². The van der Waals surface area contributed by atoms with Gasteiger partial charge >= 0.3 is 0 Å². The van der Waals surface area contributed by atoms with E-state index in [1.165, 1.54) is 11.8 Å². The molecule has 4 rings (SSSR count). The first-order valence-electron chi connectivity index (χ1n) is 7.56. The second-order valence-corrected chi connectivity index (χ2v) is 6.37. The van der Waals surface area contributed by atoms with Crippen LogP contribution in [0.3, 0.4) is 0 Å². The van der Waals surface area contributed by atoms with Crippen LogP contribution in [-0.4, -0.2) is 30.4 Å². The molecular weight excluding hydrogens is 340 g/mol. The summed E-state index contributed by atoms with van der Waals surface area (Å²) < 4.78 is 12.6. The van der Waals surface area contributed by atoms with Crippen molar-refractivity contribution in [2.45, 2.75) is 24.8 Å². The van der Waals surface area contributed by atoms with E-state index >= 15 is 0 Å². The average Bonchev–Trinajstić information content (AvgIpc) is 3.36. The first-order valence-corrected chi connectivity index (χ1v) is 8.54. The molecule has 1 aromatic carbocycles. The van der Waals surface area contributed by atoms with Gasteiger partial charge in [-0.15, -0.1) is 15.3 Å². The van der Waals surface area contributed by atoms with Crippen LogP contribution in [0.15, 0.2) is 50.6 Å². The Hall–Kier alpha value is -2.94. The first kappa shape index (κ1) is 15.6. The Labute approximate surface area is 147 Å². The maximum Gasteiger partial charge on any atom is 0.283 e. The lowest BCUT2D eigenvalue weighted by molar-refractivity contribution is 0.494. The van der Waals surface area contributed by atoms with Crippen LogP contribution in [0, 0.1) is 13.8 Å². The Bertz CT molecular complexity index is 992. The number of furan rings is 1. The van der Waals surface area contributed by atoms with Gasteiger partial charge in [0.15, 0.2) is 5.76 Å². The van der Waals surface area contributed by atoms with Crippen molar-refractivity contribution in [2.24, 2.45) is 0 Å². The molecule has 25 heavy (non-hydrogen) atoms.